The highest BCUT2D eigenvalue weighted by atomic mass is 16.5. The number of aromatic nitrogens is 1. The van der Waals surface area contributed by atoms with E-state index in [0.29, 0.717) is 0 Å². The number of fused-ring (bicyclic) bond motifs is 4. The molecule has 2 nitrogen and oxygen atoms in total. The zero-order valence-electron chi connectivity index (χ0n) is 12.9. The zero-order valence-corrected chi connectivity index (χ0v) is 12.9. The second-order valence-corrected chi connectivity index (χ2v) is 6.45. The van der Waals surface area contributed by atoms with Gasteiger partial charge in [-0.2, -0.15) is 0 Å². The Bertz CT molecular complexity index is 912. The van der Waals surface area contributed by atoms with E-state index in [2.05, 4.69) is 69.1 Å². The van der Waals surface area contributed by atoms with Crippen molar-refractivity contribution in [2.24, 2.45) is 0 Å². The highest BCUT2D eigenvalue weighted by molar-refractivity contribution is 6.11. The van der Waals surface area contributed by atoms with Gasteiger partial charge in [0.05, 0.1) is 5.52 Å². The van der Waals surface area contributed by atoms with Gasteiger partial charge in [0.25, 0.3) is 0 Å². The molecule has 106 valence electrons. The second-order valence-electron chi connectivity index (χ2n) is 6.45. The quantitative estimate of drug-likeness (QED) is 0.606. The van der Waals surface area contributed by atoms with Crippen molar-refractivity contribution in [1.29, 1.82) is 0 Å². The van der Waals surface area contributed by atoms with E-state index in [1.54, 1.807) is 0 Å². The Labute approximate surface area is 124 Å². The molecule has 0 atom stereocenters. The SMILES string of the molecule is Cc1c2c(c(C)c3c1[nH]c1ccccc13)OC(C)(C)C=C2. The number of hydrogen-bond donors (Lipinski definition) is 1. The molecule has 0 aliphatic carbocycles. The van der Waals surface area contributed by atoms with Crippen LogP contribution in [-0.4, -0.2) is 10.6 Å². The summed E-state index contributed by atoms with van der Waals surface area (Å²) in [6, 6.07) is 8.47. The molecule has 0 saturated carbocycles. The maximum absolute atomic E-state index is 6.26. The minimum absolute atomic E-state index is 0.246. The second kappa shape index (κ2) is 3.91. The number of hydrogen-bond acceptors (Lipinski definition) is 1. The van der Waals surface area contributed by atoms with E-state index in [1.807, 2.05) is 0 Å². The van der Waals surface area contributed by atoms with Gasteiger partial charge in [-0.1, -0.05) is 24.3 Å². The van der Waals surface area contributed by atoms with Gasteiger partial charge in [0, 0.05) is 27.4 Å². The van der Waals surface area contributed by atoms with Crippen molar-refractivity contribution < 1.29 is 4.74 Å². The summed E-state index contributed by atoms with van der Waals surface area (Å²) < 4.78 is 6.26. The first kappa shape index (κ1) is 12.5. The Balaban J connectivity index is 2.19. The first-order valence-electron chi connectivity index (χ1n) is 7.40. The van der Waals surface area contributed by atoms with Crippen LogP contribution >= 0.6 is 0 Å². The lowest BCUT2D eigenvalue weighted by Gasteiger charge is -2.30. The molecule has 0 fully saturated rings. The Hall–Kier alpha value is -2.22. The molecule has 0 amide bonds. The van der Waals surface area contributed by atoms with Gasteiger partial charge in [-0.05, 0) is 45.4 Å². The van der Waals surface area contributed by atoms with Crippen molar-refractivity contribution >= 4 is 27.9 Å². The van der Waals surface area contributed by atoms with Crippen molar-refractivity contribution in [2.45, 2.75) is 33.3 Å². The molecule has 0 bridgehead atoms. The van der Waals surface area contributed by atoms with Crippen LogP contribution in [0.25, 0.3) is 27.9 Å². The lowest BCUT2D eigenvalue weighted by Crippen LogP contribution is -2.28. The Morgan fingerprint density at radius 3 is 2.62 bits per heavy atom. The van der Waals surface area contributed by atoms with Crippen molar-refractivity contribution in [3.8, 4) is 5.75 Å². The summed E-state index contributed by atoms with van der Waals surface area (Å²) in [7, 11) is 0. The van der Waals surface area contributed by atoms with Gasteiger partial charge in [0.1, 0.15) is 11.4 Å². The lowest BCUT2D eigenvalue weighted by molar-refractivity contribution is 0.158. The Kier molecular flexibility index (Phi) is 2.33. The number of benzene rings is 2. The summed E-state index contributed by atoms with van der Waals surface area (Å²) in [4.78, 5) is 3.57. The van der Waals surface area contributed by atoms with E-state index in [-0.39, 0.29) is 5.60 Å². The number of H-pyrrole nitrogens is 1. The van der Waals surface area contributed by atoms with Gasteiger partial charge in [-0.15, -0.1) is 0 Å². The largest absolute Gasteiger partial charge is 0.483 e. The van der Waals surface area contributed by atoms with Gasteiger partial charge >= 0.3 is 0 Å². The summed E-state index contributed by atoms with van der Waals surface area (Å²) in [5.74, 6) is 1.03. The van der Waals surface area contributed by atoms with Crippen LogP contribution in [0.15, 0.2) is 30.3 Å². The van der Waals surface area contributed by atoms with Crippen LogP contribution in [0, 0.1) is 13.8 Å². The molecule has 0 unspecified atom stereocenters. The summed E-state index contributed by atoms with van der Waals surface area (Å²) in [5, 5.41) is 2.56. The number of rotatable bonds is 0. The van der Waals surface area contributed by atoms with Crippen LogP contribution in [0.4, 0.5) is 0 Å². The third kappa shape index (κ3) is 1.65. The fourth-order valence-corrected chi connectivity index (χ4v) is 3.35. The predicted molar refractivity (Wildman–Crippen MR) is 89.0 cm³/mol. The molecule has 4 rings (SSSR count). The molecule has 1 N–H and O–H groups in total. The van der Waals surface area contributed by atoms with Crippen LogP contribution in [0.1, 0.15) is 30.5 Å². The van der Waals surface area contributed by atoms with E-state index in [1.165, 1.54) is 38.5 Å². The zero-order chi connectivity index (χ0) is 14.8. The minimum atomic E-state index is -0.246. The van der Waals surface area contributed by atoms with Crippen LogP contribution in [0.2, 0.25) is 0 Å². The number of nitrogens with one attached hydrogen (secondary N) is 1. The van der Waals surface area contributed by atoms with Crippen molar-refractivity contribution in [2.75, 3.05) is 0 Å². The Morgan fingerprint density at radius 1 is 1.05 bits per heavy atom. The van der Waals surface area contributed by atoms with Crippen molar-refractivity contribution in [1.82, 2.24) is 4.98 Å². The van der Waals surface area contributed by atoms with Crippen molar-refractivity contribution in [3.63, 3.8) is 0 Å². The first-order chi connectivity index (χ1) is 9.98. The highest BCUT2D eigenvalue weighted by Gasteiger charge is 2.26. The summed E-state index contributed by atoms with van der Waals surface area (Å²) in [5.41, 5.74) is 5.84. The molecule has 2 heterocycles. The van der Waals surface area contributed by atoms with E-state index in [0.717, 1.165) is 5.75 Å². The van der Waals surface area contributed by atoms with Gasteiger partial charge in [-0.3, -0.25) is 0 Å². The van der Waals surface area contributed by atoms with Gasteiger partial charge < -0.3 is 9.72 Å². The molecule has 0 saturated heterocycles. The Morgan fingerprint density at radius 2 is 1.81 bits per heavy atom. The van der Waals surface area contributed by atoms with Crippen LogP contribution in [-0.2, 0) is 0 Å². The maximum atomic E-state index is 6.26. The predicted octanol–water partition coefficient (Wildman–Crippen LogP) is 5.12. The molecule has 0 radical (unpaired) electrons. The number of aryl methyl sites for hydroxylation is 2. The monoisotopic (exact) mass is 277 g/mol. The molecular formula is C19H19NO. The molecule has 3 aromatic rings. The molecular weight excluding hydrogens is 258 g/mol. The van der Waals surface area contributed by atoms with Gasteiger partial charge in [-0.25, -0.2) is 0 Å². The third-order valence-corrected chi connectivity index (χ3v) is 4.46. The smallest absolute Gasteiger partial charge is 0.131 e. The molecule has 21 heavy (non-hydrogen) atoms. The standard InChI is InChI=1S/C19H19NO/c1-11-13-9-10-19(3,4)21-18(13)12(2)16-14-7-5-6-8-15(14)20-17(11)16/h5-10,20H,1-4H3. The van der Waals surface area contributed by atoms with E-state index < -0.39 is 0 Å². The molecule has 2 heteroatoms. The summed E-state index contributed by atoms with van der Waals surface area (Å²) in [6.45, 7) is 8.53. The lowest BCUT2D eigenvalue weighted by atomic mass is 9.93. The maximum Gasteiger partial charge on any atom is 0.131 e. The third-order valence-electron chi connectivity index (χ3n) is 4.46. The normalized spacial score (nSPS) is 16.2. The topological polar surface area (TPSA) is 25.0 Å². The molecule has 0 spiro atoms. The molecule has 2 aromatic carbocycles. The average molecular weight is 277 g/mol. The number of ether oxygens (including phenoxy) is 1. The summed E-state index contributed by atoms with van der Waals surface area (Å²) >= 11 is 0. The number of para-hydroxylation sites is 1. The minimum Gasteiger partial charge on any atom is -0.483 e. The molecule has 1 aliphatic heterocycles. The van der Waals surface area contributed by atoms with Crippen LogP contribution < -0.4 is 4.74 Å². The molecule has 1 aromatic heterocycles. The van der Waals surface area contributed by atoms with E-state index in [4.69, 9.17) is 4.74 Å². The van der Waals surface area contributed by atoms with E-state index >= 15 is 0 Å². The van der Waals surface area contributed by atoms with Crippen molar-refractivity contribution in [3.05, 3.63) is 47.0 Å². The van der Waals surface area contributed by atoms with Gasteiger partial charge in [0.2, 0.25) is 0 Å². The van der Waals surface area contributed by atoms with Crippen LogP contribution in [0.3, 0.4) is 0 Å². The molecule has 1 aliphatic rings. The van der Waals surface area contributed by atoms with Crippen LogP contribution in [0.5, 0.6) is 5.75 Å². The first-order valence-corrected chi connectivity index (χ1v) is 7.40. The number of aromatic amines is 1. The average Bonchev–Trinajstić information content (AvgIpc) is 2.83. The van der Waals surface area contributed by atoms with E-state index in [9.17, 15) is 0 Å². The highest BCUT2D eigenvalue weighted by Crippen LogP contribution is 2.43. The fraction of sp³-hybridized carbons (Fsp3) is 0.263. The van der Waals surface area contributed by atoms with Gasteiger partial charge in [0.15, 0.2) is 0 Å². The fourth-order valence-electron chi connectivity index (χ4n) is 3.35. The summed E-state index contributed by atoms with van der Waals surface area (Å²) in [6.07, 6.45) is 4.34.